The molecule has 1 fully saturated rings. The number of hydrogen-bond acceptors (Lipinski definition) is 28. The van der Waals surface area contributed by atoms with E-state index in [9.17, 15) is 61.4 Å². The third kappa shape index (κ3) is 21.6. The molecule has 4 aliphatic heterocycles. The molecule has 0 spiro atoms. The number of imide groups is 1. The second-order valence-corrected chi connectivity index (χ2v) is 34.6. The molecule has 4 aliphatic rings. The van der Waals surface area contributed by atoms with Gasteiger partial charge in [0, 0.05) is 86.1 Å². The number of phenols is 1. The first-order valence-corrected chi connectivity index (χ1v) is 43.7. The van der Waals surface area contributed by atoms with Gasteiger partial charge in [-0.25, -0.2) is 32.9 Å². The molecule has 125 heavy (non-hydrogen) atoms. The number of aromatic hydroxyl groups is 1. The number of nitrogens with two attached hydrogens (primary N) is 1. The summed E-state index contributed by atoms with van der Waals surface area (Å²) < 4.78 is 61.1. The lowest BCUT2D eigenvalue weighted by Crippen LogP contribution is -2.48. The number of thiazole rings is 3. The van der Waals surface area contributed by atoms with E-state index in [2.05, 4.69) is 39.3 Å². The van der Waals surface area contributed by atoms with Gasteiger partial charge < -0.3 is 59.7 Å². The lowest BCUT2D eigenvalue weighted by Gasteiger charge is -2.43. The number of para-hydroxylation sites is 6. The Bertz CT molecular complexity index is 5740. The third-order valence-electron chi connectivity index (χ3n) is 19.6. The second-order valence-electron chi connectivity index (χ2n) is 28.1. The first-order valence-electron chi connectivity index (χ1n) is 38.6. The lowest BCUT2D eigenvalue weighted by molar-refractivity contribution is -0.198. The van der Waals surface area contributed by atoms with Gasteiger partial charge in [0.05, 0.1) is 154 Å². The predicted molar refractivity (Wildman–Crippen MR) is 477 cm³/mol. The number of carboxylic acids is 1. The molecule has 16 rings (SSSR count). The summed E-state index contributed by atoms with van der Waals surface area (Å²) in [5, 5.41) is 31.2. The van der Waals surface area contributed by atoms with E-state index in [1.807, 2.05) is 133 Å². The minimum absolute atomic E-state index is 0.0130. The van der Waals surface area contributed by atoms with E-state index in [1.54, 1.807) is 145 Å². The number of ether oxygens (including phenoxy) is 4. The number of amides is 6. The normalized spacial score (nSPS) is 15.1. The van der Waals surface area contributed by atoms with Crippen molar-refractivity contribution in [3.8, 4) is 37.5 Å². The number of nitrogens with one attached hydrogen (secondary N) is 1. The quantitative estimate of drug-likeness (QED) is 0.0200. The SMILES string of the molecule is COCCC(=O)Nc1ccccc1N1C(=O)c2cc(F)ccc2N(C)C1c1ccc(-c2csc(C)n2)s1.COCCC(=O)ON1C(=O)CCC1=O.COCCOC(=O)CCC(=O)O.Cc1nc(-c2ccc(C3N(C)c4ccc(F)cc4C(=O)N3c3ccccc3N)s2)cs1.Cc1nc(-c2ccc(C3N(C)c4ccc(F)cc4C(=O)N3c3ccccc3O)s2)cs1. The van der Waals surface area contributed by atoms with Gasteiger partial charge >= 0.3 is 17.9 Å². The fourth-order valence-electron chi connectivity index (χ4n) is 13.7. The Kier molecular flexibility index (Phi) is 30.6. The van der Waals surface area contributed by atoms with Crippen LogP contribution in [0, 0.1) is 38.2 Å². The van der Waals surface area contributed by atoms with Crippen LogP contribution in [-0.2, 0) is 52.6 Å². The van der Waals surface area contributed by atoms with Crippen molar-refractivity contribution < 1.29 is 90.3 Å². The number of nitrogen functional groups attached to an aromatic ring is 1. The molecule has 0 bridgehead atoms. The summed E-state index contributed by atoms with van der Waals surface area (Å²) in [5.74, 6) is -5.74. The number of carbonyl (C=O) groups is 9. The van der Waals surface area contributed by atoms with Crippen LogP contribution in [0.15, 0.2) is 180 Å². The number of thiophene rings is 3. The number of phenolic OH excluding ortho intramolecular Hbond substituents is 1. The summed E-state index contributed by atoms with van der Waals surface area (Å²) in [7, 11) is 10.1. The zero-order chi connectivity index (χ0) is 89.4. The Morgan fingerprint density at radius 1 is 0.464 bits per heavy atom. The first-order chi connectivity index (χ1) is 60.0. The van der Waals surface area contributed by atoms with Crippen molar-refractivity contribution in [3.63, 3.8) is 0 Å². The van der Waals surface area contributed by atoms with Crippen molar-refractivity contribution in [2.24, 2.45) is 0 Å². The molecule has 6 amide bonds. The van der Waals surface area contributed by atoms with E-state index >= 15 is 0 Å². The first kappa shape index (κ1) is 91.6. The third-order valence-corrected chi connectivity index (χ3v) is 25.3. The van der Waals surface area contributed by atoms with Gasteiger partial charge in [0.1, 0.15) is 48.3 Å². The molecule has 6 aromatic heterocycles. The van der Waals surface area contributed by atoms with E-state index in [-0.39, 0.29) is 98.9 Å². The van der Waals surface area contributed by atoms with Gasteiger partial charge in [-0.2, -0.15) is 0 Å². The number of rotatable bonds is 23. The topological polar surface area (TPSA) is 340 Å². The monoisotopic (exact) mass is 1810 g/mol. The van der Waals surface area contributed by atoms with Crippen molar-refractivity contribution in [1.29, 1.82) is 0 Å². The van der Waals surface area contributed by atoms with Crippen LogP contribution in [0.1, 0.15) is 118 Å². The smallest absolute Gasteiger partial charge is 0.335 e. The second kappa shape index (κ2) is 41.7. The number of anilines is 8. The van der Waals surface area contributed by atoms with E-state index in [1.165, 1.54) is 62.6 Å². The molecule has 3 unspecified atom stereocenters. The standard InChI is InChI=1S/C27H25FN4O3S2.C23H19FN4OS2.C23H18FN3O2S2.C8H11NO5.C7H12O5/c1-16-29-20(15-36-16)23-10-11-24(37-23)26-31(2)21-9-8-17(28)14-18(21)27(34)32(26)22-7-5-4-6-19(22)30-25(33)12-13-35-3;1-13-26-17(12-30-13)20-9-10-21(31-20)22-27(2)18-8-7-14(24)11-15(18)23(29)28(22)19-6-4-3-5-16(19)25;1-13-25-16(12-30-13)20-9-10-21(31-20)22-26(2)17-8-7-14(24)11-15(17)23(29)27(22)18-5-3-4-6-19(18)28;1-13-5-4-8(12)14-9-6(10)2-3-7(9)11;1-11-4-5-12-7(10)3-2-6(8)9/h4-11,14-15,26H,12-13H2,1-3H3,(H,30,33);3-12,22H,25H2,1-2H3;3-12,22,28H,1-2H3;2-5H2,1H3;2-5H2,1H3,(H,8,9). The average Bonchev–Trinajstić information content (AvgIpc) is 1.73. The number of aromatic nitrogens is 3. The number of methoxy groups -OCH3 is 3. The lowest BCUT2D eigenvalue weighted by atomic mass is 10.0. The van der Waals surface area contributed by atoms with Gasteiger partial charge in [0.15, 0.2) is 0 Å². The van der Waals surface area contributed by atoms with Crippen LogP contribution in [0.5, 0.6) is 5.75 Å². The number of nitrogens with zero attached hydrogens (tertiary/aromatic N) is 10. The van der Waals surface area contributed by atoms with E-state index in [4.69, 9.17) is 15.6 Å². The van der Waals surface area contributed by atoms with Crippen LogP contribution < -0.4 is 40.4 Å². The highest BCUT2D eigenvalue weighted by atomic mass is 32.1. The largest absolute Gasteiger partial charge is 0.506 e. The molecular weight excluding hydrogens is 1730 g/mol. The number of esters is 1. The Labute approximate surface area is 740 Å². The number of hydrogen-bond donors (Lipinski definition) is 4. The van der Waals surface area contributed by atoms with Crippen LogP contribution in [-0.4, -0.2) is 152 Å². The molecule has 650 valence electrons. The van der Waals surface area contributed by atoms with Crippen molar-refractivity contribution in [1.82, 2.24) is 20.0 Å². The van der Waals surface area contributed by atoms with Gasteiger partial charge in [-0.1, -0.05) is 36.4 Å². The molecule has 1 saturated heterocycles. The highest BCUT2D eigenvalue weighted by Crippen LogP contribution is 2.50. The summed E-state index contributed by atoms with van der Waals surface area (Å²) in [6, 6.07) is 45.9. The molecule has 5 N–H and O–H groups in total. The Morgan fingerprint density at radius 2 is 0.856 bits per heavy atom. The molecule has 37 heteroatoms. The van der Waals surface area contributed by atoms with Gasteiger partial charge in [0.2, 0.25) is 5.91 Å². The van der Waals surface area contributed by atoms with Crippen LogP contribution in [0.2, 0.25) is 0 Å². The van der Waals surface area contributed by atoms with Crippen LogP contribution >= 0.6 is 68.0 Å². The Morgan fingerprint density at radius 3 is 1.26 bits per heavy atom. The summed E-state index contributed by atoms with van der Waals surface area (Å²) in [5.41, 5.74) is 14.2. The molecule has 6 aromatic carbocycles. The summed E-state index contributed by atoms with van der Waals surface area (Å²) in [6.45, 7) is 6.90. The molecule has 10 heterocycles. The summed E-state index contributed by atoms with van der Waals surface area (Å²) in [4.78, 5) is 142. The van der Waals surface area contributed by atoms with Gasteiger partial charge in [-0.05, 0) is 148 Å². The number of benzene rings is 6. The molecule has 0 radical (unpaired) electrons. The van der Waals surface area contributed by atoms with Crippen molar-refractivity contribution in [3.05, 3.63) is 244 Å². The number of halogens is 3. The highest BCUT2D eigenvalue weighted by molar-refractivity contribution is 7.17. The zero-order valence-electron chi connectivity index (χ0n) is 68.9. The summed E-state index contributed by atoms with van der Waals surface area (Å²) in [6.07, 6.45) is -1.31. The maximum atomic E-state index is 14.2. The molecule has 0 aliphatic carbocycles. The van der Waals surface area contributed by atoms with Crippen LogP contribution in [0.3, 0.4) is 0 Å². The van der Waals surface area contributed by atoms with Crippen molar-refractivity contribution >= 4 is 167 Å². The van der Waals surface area contributed by atoms with E-state index in [0.717, 1.165) is 61.4 Å². The van der Waals surface area contributed by atoms with Crippen LogP contribution in [0.4, 0.5) is 58.7 Å². The number of hydroxylamine groups is 2. The molecule has 12 aromatic rings. The number of carboxylic acid groups (broad SMARTS) is 1. The van der Waals surface area contributed by atoms with Crippen molar-refractivity contribution in [2.45, 2.75) is 77.8 Å². The Hall–Kier alpha value is -12.6. The van der Waals surface area contributed by atoms with Crippen molar-refractivity contribution in [2.75, 3.05) is 109 Å². The Balaban J connectivity index is 0.000000150. The maximum Gasteiger partial charge on any atom is 0.335 e. The fourth-order valence-corrected chi connectivity index (χ4v) is 19.1. The minimum atomic E-state index is -1.00. The number of fused-ring (bicyclic) bond motifs is 3. The van der Waals surface area contributed by atoms with Gasteiger partial charge in [-0.15, -0.1) is 73.1 Å². The molecule has 28 nitrogen and oxygen atoms in total. The molecule has 3 atom stereocenters. The average molecular weight is 1820 g/mol. The minimum Gasteiger partial charge on any atom is -0.506 e. The van der Waals surface area contributed by atoms with Crippen LogP contribution in [0.25, 0.3) is 31.7 Å². The molecule has 0 saturated carbocycles. The zero-order valence-corrected chi connectivity index (χ0v) is 73.8. The number of carbonyl (C=O) groups excluding carboxylic acids is 8. The van der Waals surface area contributed by atoms with Gasteiger partial charge in [0.25, 0.3) is 29.5 Å². The number of aryl methyl sites for hydroxylation is 3. The van der Waals surface area contributed by atoms with E-state index < -0.39 is 65.7 Å². The summed E-state index contributed by atoms with van der Waals surface area (Å²) >= 11 is 9.46. The fraction of sp³-hybridized carbons (Fsp3) is 0.250. The maximum absolute atomic E-state index is 14.2. The number of aliphatic carboxylic acids is 1. The van der Waals surface area contributed by atoms with Gasteiger partial charge in [-0.3, -0.25) is 53.1 Å². The predicted octanol–water partition coefficient (Wildman–Crippen LogP) is 17.3. The highest BCUT2D eigenvalue weighted by Gasteiger charge is 2.44. The molecular formula is C88H85F3N12O16S6. The van der Waals surface area contributed by atoms with E-state index in [0.29, 0.717) is 62.7 Å².